The van der Waals surface area contributed by atoms with Gasteiger partial charge < -0.3 is 14.6 Å². The highest BCUT2D eigenvalue weighted by atomic mass is 16.6. The molecule has 34 heavy (non-hydrogen) atoms. The maximum absolute atomic E-state index is 11.5. The Morgan fingerprint density at radius 2 is 1.71 bits per heavy atom. The van der Waals surface area contributed by atoms with Crippen molar-refractivity contribution in [2.24, 2.45) is 4.99 Å². The van der Waals surface area contributed by atoms with Crippen molar-refractivity contribution in [3.05, 3.63) is 89.5 Å². The molecule has 0 aromatic heterocycles. The molecule has 0 radical (unpaired) electrons. The lowest BCUT2D eigenvalue weighted by Crippen LogP contribution is -2.45. The summed E-state index contributed by atoms with van der Waals surface area (Å²) in [5, 5.41) is 16.3. The molecule has 5 heteroatoms. The first kappa shape index (κ1) is 18.8. The summed E-state index contributed by atoms with van der Waals surface area (Å²) in [4.78, 5) is 5.00. The summed E-state index contributed by atoms with van der Waals surface area (Å²) in [6.07, 6.45) is -0.322. The third-order valence-electron chi connectivity index (χ3n) is 8.20. The molecule has 0 bridgehead atoms. The molecule has 1 N–H and O–H groups in total. The predicted octanol–water partition coefficient (Wildman–Crippen LogP) is 4.54. The van der Waals surface area contributed by atoms with Gasteiger partial charge in [0.25, 0.3) is 12.1 Å². The first-order valence-electron chi connectivity index (χ1n) is 11.8. The Labute approximate surface area is 196 Å². The molecule has 4 aromatic rings. The van der Waals surface area contributed by atoms with E-state index in [0.29, 0.717) is 0 Å². The summed E-state index contributed by atoms with van der Waals surface area (Å²) in [6, 6.07) is 25.4. The van der Waals surface area contributed by atoms with Gasteiger partial charge >= 0.3 is 0 Å². The van der Waals surface area contributed by atoms with Crippen LogP contribution in [0.25, 0.3) is 21.5 Å². The zero-order valence-corrected chi connectivity index (χ0v) is 18.9. The molecule has 5 atom stereocenters. The molecule has 3 aliphatic heterocycles. The number of hydrogen-bond acceptors (Lipinski definition) is 4. The molecular weight excluding hydrogens is 424 g/mol. The van der Waals surface area contributed by atoms with Gasteiger partial charge in [0.2, 0.25) is 5.79 Å². The van der Waals surface area contributed by atoms with E-state index in [1.165, 1.54) is 27.1 Å². The van der Waals surface area contributed by atoms with Crippen LogP contribution in [0.1, 0.15) is 35.4 Å². The molecule has 5 unspecified atom stereocenters. The second-order valence-corrected chi connectivity index (χ2v) is 9.78. The van der Waals surface area contributed by atoms with Crippen molar-refractivity contribution in [3.63, 3.8) is 0 Å². The highest BCUT2D eigenvalue weighted by Gasteiger charge is 2.75. The van der Waals surface area contributed by atoms with Crippen LogP contribution in [0, 0.1) is 0 Å². The molecule has 166 valence electrons. The van der Waals surface area contributed by atoms with E-state index >= 15 is 0 Å². The lowest BCUT2D eigenvalue weighted by molar-refractivity contribution is -0.453. The first-order chi connectivity index (χ1) is 16.6. The van der Waals surface area contributed by atoms with Gasteiger partial charge in [0, 0.05) is 25.2 Å². The topological polar surface area (TPSA) is 54.1 Å². The summed E-state index contributed by atoms with van der Waals surface area (Å²) in [5.41, 5.74) is 4.63. The third kappa shape index (κ3) is 2.13. The van der Waals surface area contributed by atoms with Gasteiger partial charge in [-0.15, -0.1) is 0 Å². The number of ether oxygens (including phenoxy) is 2. The van der Waals surface area contributed by atoms with Gasteiger partial charge in [-0.2, -0.15) is 0 Å². The normalized spacial score (nSPS) is 30.1. The van der Waals surface area contributed by atoms with Crippen LogP contribution in [-0.4, -0.2) is 46.4 Å². The maximum atomic E-state index is 11.5. The number of nitrogens with zero attached hydrogens (tertiary/aromatic N) is 2. The van der Waals surface area contributed by atoms with Gasteiger partial charge in [-0.25, -0.2) is 4.58 Å². The Hall–Kier alpha value is -3.54. The summed E-state index contributed by atoms with van der Waals surface area (Å²) in [7, 11) is 1.60. The number of methoxy groups -OCH3 is 1. The third-order valence-corrected chi connectivity index (χ3v) is 8.20. The summed E-state index contributed by atoms with van der Waals surface area (Å²) < 4.78 is 14.4. The number of amidine groups is 1. The van der Waals surface area contributed by atoms with Crippen molar-refractivity contribution in [1.82, 2.24) is 0 Å². The average molecular weight is 448 g/mol. The molecular formula is C29H23N2O3+. The number of fused-ring (bicyclic) bond motifs is 12. The Morgan fingerprint density at radius 3 is 2.50 bits per heavy atom. The van der Waals surface area contributed by atoms with E-state index in [1.807, 2.05) is 6.92 Å². The van der Waals surface area contributed by atoms with Crippen LogP contribution >= 0.6 is 0 Å². The standard InChI is InChI=1S/C29H23N2O3/c1-15-30-28-24(23-19-10-6-5-7-16(19)11-12-22(23)34-28)26-21-14-18-9-4-3-8-17(18)13-20(21)25-27(31(15)26)29(25,32)33-2/h3-14,24-25,27-28,32H,1-2H3/q+1. The highest BCUT2D eigenvalue weighted by molar-refractivity contribution is 6.12. The van der Waals surface area contributed by atoms with Gasteiger partial charge in [0.1, 0.15) is 17.4 Å². The van der Waals surface area contributed by atoms with Crippen LogP contribution in [0.15, 0.2) is 77.8 Å². The van der Waals surface area contributed by atoms with Crippen LogP contribution in [0.2, 0.25) is 0 Å². The molecule has 1 saturated carbocycles. The molecule has 1 fully saturated rings. The average Bonchev–Trinajstić information content (AvgIpc) is 3.31. The minimum absolute atomic E-state index is 0.0626. The molecule has 0 amide bonds. The summed E-state index contributed by atoms with van der Waals surface area (Å²) in [6.45, 7) is 2.01. The molecule has 0 saturated heterocycles. The fourth-order valence-electron chi connectivity index (χ4n) is 6.68. The van der Waals surface area contributed by atoms with Crippen molar-refractivity contribution in [2.45, 2.75) is 36.8 Å². The van der Waals surface area contributed by atoms with Crippen molar-refractivity contribution in [3.8, 4) is 5.75 Å². The van der Waals surface area contributed by atoms with E-state index in [-0.39, 0.29) is 24.1 Å². The Kier molecular flexibility index (Phi) is 3.39. The Bertz CT molecular complexity index is 1640. The van der Waals surface area contributed by atoms with Crippen molar-refractivity contribution in [1.29, 1.82) is 0 Å². The van der Waals surface area contributed by atoms with Crippen molar-refractivity contribution in [2.75, 3.05) is 7.11 Å². The van der Waals surface area contributed by atoms with E-state index < -0.39 is 5.79 Å². The smallest absolute Gasteiger partial charge is 0.294 e. The zero-order valence-electron chi connectivity index (χ0n) is 18.9. The minimum atomic E-state index is -1.25. The van der Waals surface area contributed by atoms with Crippen LogP contribution in [0.5, 0.6) is 5.75 Å². The zero-order chi connectivity index (χ0) is 22.8. The number of aliphatic imine (C=N–C) groups is 1. The Morgan fingerprint density at radius 1 is 0.971 bits per heavy atom. The lowest BCUT2D eigenvalue weighted by atomic mass is 9.81. The van der Waals surface area contributed by atoms with Gasteiger partial charge in [-0.1, -0.05) is 54.6 Å². The summed E-state index contributed by atoms with van der Waals surface area (Å²) in [5.74, 6) is 0.310. The van der Waals surface area contributed by atoms with Gasteiger partial charge in [-0.3, -0.25) is 0 Å². The molecule has 8 rings (SSSR count). The second-order valence-electron chi connectivity index (χ2n) is 9.78. The van der Waals surface area contributed by atoms with Crippen LogP contribution in [-0.2, 0) is 4.74 Å². The monoisotopic (exact) mass is 447 g/mol. The largest absolute Gasteiger partial charge is 0.447 e. The van der Waals surface area contributed by atoms with Crippen LogP contribution < -0.4 is 4.74 Å². The first-order valence-corrected chi connectivity index (χ1v) is 11.8. The molecule has 4 aromatic carbocycles. The summed E-state index contributed by atoms with van der Waals surface area (Å²) >= 11 is 0. The SMILES string of the molecule is COC1(O)C2c3cc4ccccc4cc3C3=[N+](C(C)=NC4Oc5ccc6ccccc6c5C34)C21. The number of rotatable bonds is 1. The van der Waals surface area contributed by atoms with E-state index in [9.17, 15) is 5.11 Å². The van der Waals surface area contributed by atoms with Gasteiger partial charge in [-0.05, 0) is 50.3 Å². The fourth-order valence-corrected chi connectivity index (χ4v) is 6.68. The molecule has 3 heterocycles. The van der Waals surface area contributed by atoms with E-state index in [2.05, 4.69) is 77.4 Å². The predicted molar refractivity (Wildman–Crippen MR) is 131 cm³/mol. The highest BCUT2D eigenvalue weighted by Crippen LogP contribution is 2.60. The molecule has 5 nitrogen and oxygen atoms in total. The lowest BCUT2D eigenvalue weighted by Gasteiger charge is -2.27. The van der Waals surface area contributed by atoms with Crippen molar-refractivity contribution >= 4 is 33.1 Å². The van der Waals surface area contributed by atoms with Crippen molar-refractivity contribution < 1.29 is 19.2 Å². The fraction of sp³-hybridized carbons (Fsp3) is 0.241. The van der Waals surface area contributed by atoms with Gasteiger partial charge in [0.15, 0.2) is 6.04 Å². The quantitative estimate of drug-likeness (QED) is 0.344. The minimum Gasteiger partial charge on any atom is -0.447 e. The van der Waals surface area contributed by atoms with E-state index in [4.69, 9.17) is 14.5 Å². The van der Waals surface area contributed by atoms with E-state index in [0.717, 1.165) is 28.4 Å². The van der Waals surface area contributed by atoms with Gasteiger partial charge in [0.05, 0.1) is 5.92 Å². The molecule has 4 aliphatic rings. The maximum Gasteiger partial charge on any atom is 0.294 e. The number of hydrogen-bond donors (Lipinski definition) is 1. The number of aliphatic hydroxyl groups is 1. The number of benzene rings is 4. The van der Waals surface area contributed by atoms with Crippen LogP contribution in [0.4, 0.5) is 0 Å². The molecule has 0 spiro atoms. The molecule has 1 aliphatic carbocycles. The Balaban J connectivity index is 1.47. The second kappa shape index (κ2) is 6.12. The van der Waals surface area contributed by atoms with Crippen LogP contribution in [0.3, 0.4) is 0 Å². The van der Waals surface area contributed by atoms with E-state index in [1.54, 1.807) is 7.11 Å².